The number of carbonyl (C=O) groups excluding carboxylic acids is 1. The van der Waals surface area contributed by atoms with Crippen LogP contribution in [0.15, 0.2) is 5.38 Å². The van der Waals surface area contributed by atoms with Gasteiger partial charge >= 0.3 is 5.97 Å². The van der Waals surface area contributed by atoms with Crippen molar-refractivity contribution in [2.75, 3.05) is 6.61 Å². The Hall–Kier alpha value is -1.80. The molecule has 2 heterocycles. The van der Waals surface area contributed by atoms with Crippen LogP contribution in [-0.4, -0.2) is 32.6 Å². The minimum atomic E-state index is -0.494. The van der Waals surface area contributed by atoms with Crippen LogP contribution in [0.3, 0.4) is 0 Å². The summed E-state index contributed by atoms with van der Waals surface area (Å²) in [6.45, 7) is 4.72. The van der Waals surface area contributed by atoms with Crippen LogP contribution in [0, 0.1) is 0 Å². The van der Waals surface area contributed by atoms with Gasteiger partial charge in [0.2, 0.25) is 0 Å². The lowest BCUT2D eigenvalue weighted by molar-refractivity contribution is 0.0518. The summed E-state index contributed by atoms with van der Waals surface area (Å²) in [7, 11) is 0. The van der Waals surface area contributed by atoms with E-state index < -0.39 is 5.97 Å². The molecule has 0 atom stereocenters. The van der Waals surface area contributed by atoms with Gasteiger partial charge in [0.1, 0.15) is 0 Å². The largest absolute Gasteiger partial charge is 0.461 e. The molecule has 0 saturated heterocycles. The van der Waals surface area contributed by atoms with E-state index in [0.29, 0.717) is 18.8 Å². The molecule has 8 heteroatoms. The van der Waals surface area contributed by atoms with E-state index in [4.69, 9.17) is 10.5 Å². The molecule has 0 radical (unpaired) electrons. The fraction of sp³-hybridized carbons (Fsp3) is 0.500. The lowest BCUT2D eigenvalue weighted by atomic mass is 10.3. The number of esters is 1. The quantitative estimate of drug-likeness (QED) is 0.798. The fourth-order valence-corrected chi connectivity index (χ4v) is 2.49. The molecule has 2 aromatic rings. The van der Waals surface area contributed by atoms with Gasteiger partial charge in [0.25, 0.3) is 0 Å². The van der Waals surface area contributed by atoms with Gasteiger partial charge in [-0.05, 0) is 13.3 Å². The zero-order valence-corrected chi connectivity index (χ0v) is 12.3. The van der Waals surface area contributed by atoms with Crippen LogP contribution < -0.4 is 5.73 Å². The predicted molar refractivity (Wildman–Crippen MR) is 74.5 cm³/mol. The van der Waals surface area contributed by atoms with Crippen LogP contribution in [0.2, 0.25) is 0 Å². The number of aryl methyl sites for hydroxylation is 1. The number of rotatable bonds is 6. The summed E-state index contributed by atoms with van der Waals surface area (Å²) in [5.74, 6) is -0.494. The maximum absolute atomic E-state index is 11.7. The number of aromatic nitrogens is 4. The highest BCUT2D eigenvalue weighted by atomic mass is 32.1. The maximum atomic E-state index is 11.7. The molecular formula is C12H17N5O2S. The third kappa shape index (κ3) is 3.02. The van der Waals surface area contributed by atoms with Crippen molar-refractivity contribution in [3.8, 4) is 0 Å². The molecule has 7 nitrogen and oxygen atoms in total. The van der Waals surface area contributed by atoms with Gasteiger partial charge in [0, 0.05) is 11.9 Å². The van der Waals surface area contributed by atoms with Crippen LogP contribution in [0.5, 0.6) is 0 Å². The number of ether oxygens (including phenoxy) is 1. The van der Waals surface area contributed by atoms with E-state index in [1.807, 2.05) is 5.38 Å². The Morgan fingerprint density at radius 1 is 1.50 bits per heavy atom. The van der Waals surface area contributed by atoms with E-state index >= 15 is 0 Å². The van der Waals surface area contributed by atoms with E-state index in [1.165, 1.54) is 0 Å². The van der Waals surface area contributed by atoms with Gasteiger partial charge in [-0.15, -0.1) is 16.4 Å². The highest BCUT2D eigenvalue weighted by Crippen LogP contribution is 2.13. The fourth-order valence-electron chi connectivity index (χ4n) is 1.76. The summed E-state index contributed by atoms with van der Waals surface area (Å²) in [6, 6.07) is 0. The van der Waals surface area contributed by atoms with Gasteiger partial charge in [0.05, 0.1) is 29.5 Å². The molecule has 2 N–H and O–H groups in total. The topological polar surface area (TPSA) is 95.9 Å². The van der Waals surface area contributed by atoms with Crippen LogP contribution in [0.4, 0.5) is 0 Å². The summed E-state index contributed by atoms with van der Waals surface area (Å²) < 4.78 is 6.53. The van der Waals surface area contributed by atoms with Crippen LogP contribution >= 0.6 is 11.3 Å². The smallest absolute Gasteiger partial charge is 0.360 e. The highest BCUT2D eigenvalue weighted by Gasteiger charge is 2.20. The molecule has 2 aromatic heterocycles. The first-order valence-corrected chi connectivity index (χ1v) is 7.30. The normalized spacial score (nSPS) is 10.8. The van der Waals surface area contributed by atoms with E-state index in [1.54, 1.807) is 22.9 Å². The van der Waals surface area contributed by atoms with Gasteiger partial charge in [-0.2, -0.15) is 0 Å². The Kier molecular flexibility index (Phi) is 4.80. The average molecular weight is 295 g/mol. The standard InChI is InChI=1S/C12H17N5O2S/c1-3-10-14-8(7-20-10)6-17-9(5-13)11(15-16-17)12(18)19-4-2/h7H,3-6,13H2,1-2H3. The zero-order valence-electron chi connectivity index (χ0n) is 11.5. The summed E-state index contributed by atoms with van der Waals surface area (Å²) in [5.41, 5.74) is 7.32. The van der Waals surface area contributed by atoms with Crippen molar-refractivity contribution in [3.63, 3.8) is 0 Å². The molecule has 0 amide bonds. The average Bonchev–Trinajstić information content (AvgIpc) is 3.05. The molecule has 20 heavy (non-hydrogen) atoms. The first-order chi connectivity index (χ1) is 9.69. The Labute approximate surface area is 120 Å². The SMILES string of the molecule is CCOC(=O)c1nnn(Cc2csc(CC)n2)c1CN. The third-order valence-electron chi connectivity index (χ3n) is 2.71. The minimum Gasteiger partial charge on any atom is -0.461 e. The van der Waals surface area contributed by atoms with Crippen molar-refractivity contribution >= 4 is 17.3 Å². The first-order valence-electron chi connectivity index (χ1n) is 6.42. The van der Waals surface area contributed by atoms with Gasteiger partial charge in [-0.3, -0.25) is 0 Å². The summed E-state index contributed by atoms with van der Waals surface area (Å²) in [4.78, 5) is 16.2. The molecule has 2 rings (SSSR count). The second-order valence-corrected chi connectivity index (χ2v) is 5.00. The molecular weight excluding hydrogens is 278 g/mol. The number of carbonyl (C=O) groups is 1. The molecule has 108 valence electrons. The summed E-state index contributed by atoms with van der Waals surface area (Å²) in [5, 5.41) is 10.9. The van der Waals surface area contributed by atoms with Crippen LogP contribution in [-0.2, 0) is 24.2 Å². The predicted octanol–water partition coefficient (Wildman–Crippen LogP) is 0.981. The van der Waals surface area contributed by atoms with Crippen molar-refractivity contribution in [2.24, 2.45) is 5.73 Å². The van der Waals surface area contributed by atoms with Crippen molar-refractivity contribution in [3.05, 3.63) is 27.5 Å². The second kappa shape index (κ2) is 6.58. The maximum Gasteiger partial charge on any atom is 0.360 e. The van der Waals surface area contributed by atoms with E-state index in [0.717, 1.165) is 17.1 Å². The number of nitrogens with zero attached hydrogens (tertiary/aromatic N) is 4. The number of hydrogen-bond acceptors (Lipinski definition) is 7. The van der Waals surface area contributed by atoms with Gasteiger partial charge in [0.15, 0.2) is 5.69 Å². The third-order valence-corrected chi connectivity index (χ3v) is 3.76. The Morgan fingerprint density at radius 3 is 2.90 bits per heavy atom. The van der Waals surface area contributed by atoms with Gasteiger partial charge in [-0.1, -0.05) is 12.1 Å². The zero-order chi connectivity index (χ0) is 14.5. The summed E-state index contributed by atoms with van der Waals surface area (Å²) >= 11 is 1.61. The monoisotopic (exact) mass is 295 g/mol. The molecule has 0 saturated carbocycles. The van der Waals surface area contributed by atoms with Crippen LogP contribution in [0.25, 0.3) is 0 Å². The van der Waals surface area contributed by atoms with Crippen molar-refractivity contribution in [1.82, 2.24) is 20.0 Å². The summed E-state index contributed by atoms with van der Waals surface area (Å²) in [6.07, 6.45) is 0.903. The van der Waals surface area contributed by atoms with E-state index in [-0.39, 0.29) is 12.2 Å². The van der Waals surface area contributed by atoms with E-state index in [9.17, 15) is 4.79 Å². The Morgan fingerprint density at radius 2 is 2.30 bits per heavy atom. The molecule has 0 spiro atoms. The second-order valence-electron chi connectivity index (χ2n) is 4.05. The van der Waals surface area contributed by atoms with Crippen LogP contribution in [0.1, 0.15) is 40.7 Å². The molecule has 0 fully saturated rings. The molecule has 0 aliphatic rings. The molecule has 0 unspecified atom stereocenters. The number of thiazole rings is 1. The molecule has 0 bridgehead atoms. The van der Waals surface area contributed by atoms with Crippen molar-refractivity contribution in [1.29, 1.82) is 0 Å². The molecule has 0 aromatic carbocycles. The minimum absolute atomic E-state index is 0.173. The van der Waals surface area contributed by atoms with Crippen molar-refractivity contribution in [2.45, 2.75) is 33.4 Å². The number of nitrogens with two attached hydrogens (primary N) is 1. The van der Waals surface area contributed by atoms with Crippen molar-refractivity contribution < 1.29 is 9.53 Å². The number of hydrogen-bond donors (Lipinski definition) is 1. The highest BCUT2D eigenvalue weighted by molar-refractivity contribution is 7.09. The van der Waals surface area contributed by atoms with Gasteiger partial charge < -0.3 is 10.5 Å². The Bertz CT molecular complexity index is 592. The Balaban J connectivity index is 2.21. The van der Waals surface area contributed by atoms with E-state index in [2.05, 4.69) is 22.2 Å². The first kappa shape index (κ1) is 14.6. The molecule has 0 aliphatic carbocycles. The lowest BCUT2D eigenvalue weighted by Crippen LogP contribution is -2.15. The molecule has 0 aliphatic heterocycles. The lowest BCUT2D eigenvalue weighted by Gasteiger charge is -2.04. The van der Waals surface area contributed by atoms with Gasteiger partial charge in [-0.25, -0.2) is 14.5 Å².